The topological polar surface area (TPSA) is 112 Å². The van der Waals surface area contributed by atoms with Gasteiger partial charge in [0, 0.05) is 24.0 Å². The zero-order valence-electron chi connectivity index (χ0n) is 18.8. The standard InChI is InChI=1S/C14H12BrNO2.C13H12N2O2/c15-9-8-11-6-7-13(14(10-11)16(17)18)12-4-2-1-3-5-12;14-9-10-6-7-12(13(8-10)15(16)17)11-4-2-1-3-5-11/h1-7,10H,8-9H2;1-8H,9,14H2. The van der Waals surface area contributed by atoms with Gasteiger partial charge in [-0.15, -0.1) is 0 Å². The minimum atomic E-state index is -0.374. The van der Waals surface area contributed by atoms with Crippen LogP contribution in [0, 0.1) is 20.2 Å². The maximum absolute atomic E-state index is 11.1. The Morgan fingerprint density at radius 1 is 0.657 bits per heavy atom. The summed E-state index contributed by atoms with van der Waals surface area (Å²) in [6.07, 6.45) is 0.788. The lowest BCUT2D eigenvalue weighted by Crippen LogP contribution is -1.99. The number of nitro benzene ring substituents is 2. The second-order valence-corrected chi connectivity index (χ2v) is 8.39. The molecule has 2 N–H and O–H groups in total. The molecule has 0 amide bonds. The zero-order valence-corrected chi connectivity index (χ0v) is 20.4. The molecular formula is C27H24BrN3O4. The summed E-state index contributed by atoms with van der Waals surface area (Å²) in [5.74, 6) is 0. The van der Waals surface area contributed by atoms with Gasteiger partial charge in [0.05, 0.1) is 21.0 Å². The van der Waals surface area contributed by atoms with Gasteiger partial charge >= 0.3 is 0 Å². The van der Waals surface area contributed by atoms with Crippen LogP contribution in [0.15, 0.2) is 97.1 Å². The Bertz CT molecular complexity index is 1300. The summed E-state index contributed by atoms with van der Waals surface area (Å²) in [5.41, 5.74) is 10.5. The Labute approximate surface area is 211 Å². The van der Waals surface area contributed by atoms with Crippen LogP contribution < -0.4 is 5.73 Å². The molecule has 0 aliphatic rings. The quantitative estimate of drug-likeness (QED) is 0.157. The van der Waals surface area contributed by atoms with Crippen LogP contribution in [0.3, 0.4) is 0 Å². The first kappa shape index (κ1) is 25.7. The number of rotatable bonds is 7. The highest BCUT2D eigenvalue weighted by Gasteiger charge is 2.16. The van der Waals surface area contributed by atoms with Crippen molar-refractivity contribution in [1.82, 2.24) is 0 Å². The summed E-state index contributed by atoms with van der Waals surface area (Å²) < 4.78 is 0. The number of hydrogen-bond acceptors (Lipinski definition) is 5. The summed E-state index contributed by atoms with van der Waals surface area (Å²) in [4.78, 5) is 21.5. The molecule has 0 radical (unpaired) electrons. The van der Waals surface area contributed by atoms with Crippen molar-refractivity contribution in [2.45, 2.75) is 13.0 Å². The molecule has 0 aliphatic heterocycles. The van der Waals surface area contributed by atoms with E-state index in [9.17, 15) is 20.2 Å². The average Bonchev–Trinajstić information content (AvgIpc) is 2.90. The molecule has 0 aromatic heterocycles. The smallest absolute Gasteiger partial charge is 0.277 e. The molecule has 178 valence electrons. The lowest BCUT2D eigenvalue weighted by Gasteiger charge is -2.05. The summed E-state index contributed by atoms with van der Waals surface area (Å²) in [6, 6.07) is 29.2. The minimum absolute atomic E-state index is 0.0964. The second-order valence-electron chi connectivity index (χ2n) is 7.59. The fraction of sp³-hybridized carbons (Fsp3) is 0.111. The van der Waals surface area contributed by atoms with E-state index in [2.05, 4.69) is 15.9 Å². The molecule has 0 saturated carbocycles. The van der Waals surface area contributed by atoms with Gasteiger partial charge in [-0.3, -0.25) is 20.2 Å². The van der Waals surface area contributed by atoms with Crippen molar-refractivity contribution in [3.05, 3.63) is 128 Å². The molecule has 0 saturated heterocycles. The van der Waals surface area contributed by atoms with Gasteiger partial charge in [-0.1, -0.05) is 88.7 Å². The molecule has 4 aromatic carbocycles. The molecule has 4 aromatic rings. The minimum Gasteiger partial charge on any atom is -0.326 e. The fourth-order valence-corrected chi connectivity index (χ4v) is 4.03. The SMILES string of the molecule is NCc1ccc(-c2ccccc2)c([N+](=O)[O-])c1.O=[N+]([O-])c1cc(CCBr)ccc1-c1ccccc1. The van der Waals surface area contributed by atoms with E-state index in [1.807, 2.05) is 78.9 Å². The van der Waals surface area contributed by atoms with Crippen molar-refractivity contribution in [3.63, 3.8) is 0 Å². The molecule has 0 heterocycles. The first-order chi connectivity index (χ1) is 16.9. The van der Waals surface area contributed by atoms with Crippen LogP contribution in [0.1, 0.15) is 11.1 Å². The van der Waals surface area contributed by atoms with E-state index < -0.39 is 0 Å². The summed E-state index contributed by atoms with van der Waals surface area (Å²) in [7, 11) is 0. The van der Waals surface area contributed by atoms with Crippen LogP contribution in [-0.4, -0.2) is 15.2 Å². The number of nitro groups is 2. The summed E-state index contributed by atoms with van der Waals surface area (Å²) >= 11 is 3.34. The van der Waals surface area contributed by atoms with Gasteiger partial charge < -0.3 is 5.73 Å². The highest BCUT2D eigenvalue weighted by atomic mass is 79.9. The molecule has 0 bridgehead atoms. The van der Waals surface area contributed by atoms with Crippen molar-refractivity contribution in [2.24, 2.45) is 5.73 Å². The van der Waals surface area contributed by atoms with E-state index in [1.165, 1.54) is 6.07 Å². The van der Waals surface area contributed by atoms with Crippen LogP contribution in [0.5, 0.6) is 0 Å². The van der Waals surface area contributed by atoms with Crippen molar-refractivity contribution in [2.75, 3.05) is 5.33 Å². The predicted octanol–water partition coefficient (Wildman–Crippen LogP) is 6.92. The van der Waals surface area contributed by atoms with Gasteiger partial charge in [-0.2, -0.15) is 0 Å². The lowest BCUT2D eigenvalue weighted by molar-refractivity contribution is -0.384. The molecule has 8 heteroatoms. The van der Waals surface area contributed by atoms with E-state index in [-0.39, 0.29) is 21.2 Å². The van der Waals surface area contributed by atoms with E-state index in [0.29, 0.717) is 17.7 Å². The monoisotopic (exact) mass is 533 g/mol. The van der Waals surface area contributed by atoms with Gasteiger partial charge in [0.2, 0.25) is 0 Å². The molecule has 0 fully saturated rings. The molecular weight excluding hydrogens is 510 g/mol. The highest BCUT2D eigenvalue weighted by Crippen LogP contribution is 2.31. The normalized spacial score (nSPS) is 10.2. The van der Waals surface area contributed by atoms with E-state index >= 15 is 0 Å². The van der Waals surface area contributed by atoms with E-state index in [0.717, 1.165) is 34.0 Å². The molecule has 0 spiro atoms. The lowest BCUT2D eigenvalue weighted by atomic mass is 10.0. The Morgan fingerprint density at radius 2 is 1.09 bits per heavy atom. The van der Waals surface area contributed by atoms with Crippen LogP contribution in [0.4, 0.5) is 11.4 Å². The Hall–Kier alpha value is -3.88. The van der Waals surface area contributed by atoms with Gasteiger partial charge in [0.15, 0.2) is 0 Å². The van der Waals surface area contributed by atoms with Crippen LogP contribution in [0.2, 0.25) is 0 Å². The molecule has 4 rings (SSSR count). The Morgan fingerprint density at radius 3 is 1.49 bits per heavy atom. The third-order valence-corrected chi connectivity index (χ3v) is 5.70. The predicted molar refractivity (Wildman–Crippen MR) is 142 cm³/mol. The van der Waals surface area contributed by atoms with Gasteiger partial charge in [-0.25, -0.2) is 0 Å². The summed E-state index contributed by atoms with van der Waals surface area (Å²) in [5, 5.41) is 23.0. The number of benzene rings is 4. The maximum Gasteiger partial charge on any atom is 0.277 e. The van der Waals surface area contributed by atoms with Crippen molar-refractivity contribution < 1.29 is 9.85 Å². The average molecular weight is 534 g/mol. The Balaban J connectivity index is 0.000000196. The molecule has 0 aliphatic carbocycles. The molecule has 35 heavy (non-hydrogen) atoms. The zero-order chi connectivity index (χ0) is 25.2. The number of hydrogen-bond donors (Lipinski definition) is 1. The van der Waals surface area contributed by atoms with E-state index in [1.54, 1.807) is 12.1 Å². The Kier molecular flexibility index (Phi) is 9.23. The van der Waals surface area contributed by atoms with E-state index in [4.69, 9.17) is 5.73 Å². The van der Waals surface area contributed by atoms with Crippen molar-refractivity contribution in [1.29, 1.82) is 0 Å². The maximum atomic E-state index is 11.1. The largest absolute Gasteiger partial charge is 0.326 e. The summed E-state index contributed by atoms with van der Waals surface area (Å²) in [6.45, 7) is 0.301. The molecule has 7 nitrogen and oxygen atoms in total. The van der Waals surface area contributed by atoms with Crippen LogP contribution in [-0.2, 0) is 13.0 Å². The number of alkyl halides is 1. The van der Waals surface area contributed by atoms with Crippen LogP contribution in [0.25, 0.3) is 22.3 Å². The van der Waals surface area contributed by atoms with Crippen molar-refractivity contribution in [3.8, 4) is 22.3 Å². The highest BCUT2D eigenvalue weighted by molar-refractivity contribution is 9.09. The second kappa shape index (κ2) is 12.5. The fourth-order valence-electron chi connectivity index (χ4n) is 3.57. The molecule has 0 unspecified atom stereocenters. The van der Waals surface area contributed by atoms with Crippen molar-refractivity contribution >= 4 is 27.3 Å². The third kappa shape index (κ3) is 6.81. The number of nitrogens with zero attached hydrogens (tertiary/aromatic N) is 2. The first-order valence-electron chi connectivity index (χ1n) is 10.9. The molecule has 0 atom stereocenters. The first-order valence-corrected chi connectivity index (χ1v) is 12.0. The van der Waals surface area contributed by atoms with Gasteiger partial charge in [0.1, 0.15) is 0 Å². The van der Waals surface area contributed by atoms with Gasteiger partial charge in [0.25, 0.3) is 11.4 Å². The third-order valence-electron chi connectivity index (χ3n) is 5.31. The van der Waals surface area contributed by atoms with Crippen LogP contribution >= 0.6 is 15.9 Å². The number of aryl methyl sites for hydroxylation is 1. The number of nitrogens with two attached hydrogens (primary N) is 1. The van der Waals surface area contributed by atoms with Gasteiger partial charge in [-0.05, 0) is 40.8 Å². The number of halogens is 1.